The Morgan fingerprint density at radius 3 is 2.00 bits per heavy atom. The monoisotopic (exact) mass is 679 g/mol. The predicted molar refractivity (Wildman–Crippen MR) is 155 cm³/mol. The highest BCUT2D eigenvalue weighted by Crippen LogP contribution is 2.43. The first-order chi connectivity index (χ1) is 21.9. The van der Waals surface area contributed by atoms with Gasteiger partial charge < -0.3 is 45.9 Å². The van der Waals surface area contributed by atoms with Crippen LogP contribution in [0.15, 0.2) is 50.5 Å². The quantitative estimate of drug-likeness (QED) is 0.0982. The molecule has 0 radical (unpaired) electrons. The van der Waals surface area contributed by atoms with E-state index in [1.165, 1.54) is 37.3 Å². The number of aliphatic carboxylic acids is 1. The van der Waals surface area contributed by atoms with Gasteiger partial charge in [0.1, 0.15) is 54.5 Å². The van der Waals surface area contributed by atoms with Gasteiger partial charge in [0.25, 0.3) is 23.6 Å². The number of ether oxygens (including phenoxy) is 2. The second-order valence-electron chi connectivity index (χ2n) is 9.75. The first-order valence-electron chi connectivity index (χ1n) is 13.1. The SMILES string of the molecule is CO/N=C(\C(=O)N[C@H]1C(=O)N2C(C(=O)N[C@H]3C(=O)N4C(C(=O)O)=C(COC(N)=O)CS[C@@H]34)=C(COC(N)=O)CS[C@@H]12)c1ccco1. The number of primary amides is 2. The molecule has 5 heterocycles. The van der Waals surface area contributed by atoms with Crippen LogP contribution in [-0.2, 0) is 38.3 Å². The summed E-state index contributed by atoms with van der Waals surface area (Å²) < 4.78 is 14.8. The topological polar surface area (TPSA) is 275 Å². The summed E-state index contributed by atoms with van der Waals surface area (Å²) >= 11 is 2.28. The maximum Gasteiger partial charge on any atom is 0.404 e. The number of carboxylic acids is 1. The third kappa shape index (κ3) is 5.92. The number of nitrogens with zero attached hydrogens (tertiary/aromatic N) is 3. The van der Waals surface area contributed by atoms with Crippen LogP contribution in [0.4, 0.5) is 9.59 Å². The van der Waals surface area contributed by atoms with Crippen LogP contribution in [0.2, 0.25) is 0 Å². The zero-order valence-electron chi connectivity index (χ0n) is 23.6. The molecule has 1 aromatic rings. The van der Waals surface area contributed by atoms with E-state index in [0.29, 0.717) is 0 Å². The van der Waals surface area contributed by atoms with Gasteiger partial charge in [-0.25, -0.2) is 14.4 Å². The second kappa shape index (κ2) is 13.0. The van der Waals surface area contributed by atoms with Crippen LogP contribution in [0.25, 0.3) is 0 Å². The number of fused-ring (bicyclic) bond motifs is 2. The molecule has 46 heavy (non-hydrogen) atoms. The summed E-state index contributed by atoms with van der Waals surface area (Å²) in [6.45, 7) is -0.887. The van der Waals surface area contributed by atoms with Gasteiger partial charge in [0.15, 0.2) is 5.76 Å². The lowest BCUT2D eigenvalue weighted by atomic mass is 10.00. The lowest BCUT2D eigenvalue weighted by Gasteiger charge is -2.51. The van der Waals surface area contributed by atoms with Crippen molar-refractivity contribution in [1.29, 1.82) is 0 Å². The van der Waals surface area contributed by atoms with E-state index in [2.05, 4.69) is 15.8 Å². The second-order valence-corrected chi connectivity index (χ2v) is 12.0. The molecule has 19 nitrogen and oxygen atoms in total. The molecule has 7 N–H and O–H groups in total. The molecule has 6 amide bonds. The van der Waals surface area contributed by atoms with Crippen LogP contribution >= 0.6 is 23.5 Å². The third-order valence-electron chi connectivity index (χ3n) is 7.01. The summed E-state index contributed by atoms with van der Waals surface area (Å²) in [6, 6.07) is 0.698. The van der Waals surface area contributed by atoms with Crippen molar-refractivity contribution in [2.45, 2.75) is 22.8 Å². The fourth-order valence-electron chi connectivity index (χ4n) is 5.04. The highest BCUT2D eigenvalue weighted by Gasteiger charge is 2.57. The molecule has 21 heteroatoms. The Balaban J connectivity index is 1.34. The van der Waals surface area contributed by atoms with Gasteiger partial charge in [-0.05, 0) is 12.1 Å². The Kier molecular flexibility index (Phi) is 9.14. The number of nitrogens with two attached hydrogens (primary N) is 2. The van der Waals surface area contributed by atoms with E-state index in [4.69, 9.17) is 30.2 Å². The van der Waals surface area contributed by atoms with Crippen molar-refractivity contribution in [3.05, 3.63) is 46.7 Å². The van der Waals surface area contributed by atoms with Crippen LogP contribution < -0.4 is 22.1 Å². The predicted octanol–water partition coefficient (Wildman–Crippen LogP) is -1.79. The molecule has 0 aromatic carbocycles. The molecule has 2 fully saturated rings. The number of nitrogens with one attached hydrogen (secondary N) is 2. The summed E-state index contributed by atoms with van der Waals surface area (Å²) in [5, 5.41) is 16.9. The highest BCUT2D eigenvalue weighted by atomic mass is 32.2. The van der Waals surface area contributed by atoms with Crippen molar-refractivity contribution in [3.63, 3.8) is 0 Å². The molecule has 2 saturated heterocycles. The molecule has 0 unspecified atom stereocenters. The number of carbonyl (C=O) groups excluding carboxylic acids is 6. The molecular formula is C25H25N7O12S2. The van der Waals surface area contributed by atoms with Crippen molar-refractivity contribution in [3.8, 4) is 0 Å². The number of amides is 6. The van der Waals surface area contributed by atoms with Gasteiger partial charge in [-0.2, -0.15) is 0 Å². The lowest BCUT2D eigenvalue weighted by molar-refractivity contribution is -0.151. The zero-order valence-corrected chi connectivity index (χ0v) is 25.3. The number of rotatable bonds is 11. The van der Waals surface area contributed by atoms with E-state index in [0.717, 1.165) is 21.6 Å². The van der Waals surface area contributed by atoms with Gasteiger partial charge in [0, 0.05) is 22.7 Å². The molecule has 244 valence electrons. The summed E-state index contributed by atoms with van der Waals surface area (Å²) in [4.78, 5) is 94.3. The number of hydrogen-bond acceptors (Lipinski definition) is 14. The Labute approximate surface area is 266 Å². The van der Waals surface area contributed by atoms with Gasteiger partial charge in [0.2, 0.25) is 5.71 Å². The summed E-state index contributed by atoms with van der Waals surface area (Å²) in [6.07, 6.45) is -0.934. The van der Waals surface area contributed by atoms with E-state index in [1.54, 1.807) is 0 Å². The molecule has 0 spiro atoms. The molecule has 5 rings (SSSR count). The number of furan rings is 1. The van der Waals surface area contributed by atoms with Crippen molar-refractivity contribution >= 4 is 71.0 Å². The number of hydrogen-bond donors (Lipinski definition) is 5. The van der Waals surface area contributed by atoms with Crippen molar-refractivity contribution in [1.82, 2.24) is 20.4 Å². The minimum absolute atomic E-state index is 0.0488. The molecule has 0 saturated carbocycles. The molecule has 0 bridgehead atoms. The van der Waals surface area contributed by atoms with E-state index < -0.39 is 83.5 Å². The smallest absolute Gasteiger partial charge is 0.404 e. The summed E-state index contributed by atoms with van der Waals surface area (Å²) in [7, 11) is 1.23. The van der Waals surface area contributed by atoms with E-state index in [9.17, 15) is 38.7 Å². The Hall–Kier alpha value is -5.18. The standard InChI is InChI=1S/C25H25N7O12S2/c1-41-30-12(11-3-2-4-42-11)17(33)28-13-19(35)31-15(9(5-43-24(26)39)7-45-21(13)31)18(34)29-14-20(36)32-16(23(37)38)10(6-44-25(27)40)8-46-22(14)32/h2-4,13-14,21-22H,5-8H2,1H3,(H2,26,39)(H2,27,40)(H,28,33)(H,29,34)(H,37,38)/b30-12-/t13-,14-,21-,22-/m0/s1. The maximum atomic E-state index is 13.7. The lowest BCUT2D eigenvalue weighted by Crippen LogP contribution is -2.73. The number of oxime groups is 1. The fourth-order valence-corrected chi connectivity index (χ4v) is 7.70. The molecule has 0 aliphatic carbocycles. The van der Waals surface area contributed by atoms with Gasteiger partial charge >= 0.3 is 18.2 Å². The van der Waals surface area contributed by atoms with Crippen LogP contribution in [0.3, 0.4) is 0 Å². The fraction of sp³-hybridized carbons (Fsp3) is 0.360. The van der Waals surface area contributed by atoms with Crippen molar-refractivity contribution < 1.29 is 57.4 Å². The summed E-state index contributed by atoms with van der Waals surface area (Å²) in [5.74, 6) is -4.36. The largest absolute Gasteiger partial charge is 0.477 e. The minimum Gasteiger partial charge on any atom is -0.477 e. The van der Waals surface area contributed by atoms with E-state index in [-0.39, 0.29) is 39.8 Å². The maximum absolute atomic E-state index is 13.7. The van der Waals surface area contributed by atoms with Crippen molar-refractivity contribution in [2.24, 2.45) is 16.6 Å². The molecule has 4 aliphatic rings. The van der Waals surface area contributed by atoms with Crippen LogP contribution in [0.1, 0.15) is 5.76 Å². The molecular weight excluding hydrogens is 654 g/mol. The Morgan fingerprint density at radius 2 is 1.50 bits per heavy atom. The van der Waals surface area contributed by atoms with Gasteiger partial charge in [-0.3, -0.25) is 29.0 Å². The van der Waals surface area contributed by atoms with Gasteiger partial charge in [0.05, 0.1) is 6.26 Å². The zero-order chi connectivity index (χ0) is 33.3. The first kappa shape index (κ1) is 32.2. The Bertz CT molecular complexity index is 1610. The third-order valence-corrected chi connectivity index (χ3v) is 9.69. The number of thioether (sulfide) groups is 2. The number of carboxylic acid groups (broad SMARTS) is 1. The number of carbonyl (C=O) groups is 7. The summed E-state index contributed by atoms with van der Waals surface area (Å²) in [5.41, 5.74) is 9.57. The van der Waals surface area contributed by atoms with Crippen LogP contribution in [-0.4, -0.2) is 117 Å². The van der Waals surface area contributed by atoms with Crippen molar-refractivity contribution in [2.75, 3.05) is 31.8 Å². The average molecular weight is 680 g/mol. The van der Waals surface area contributed by atoms with Gasteiger partial charge in [-0.1, -0.05) is 5.16 Å². The molecule has 4 aliphatic heterocycles. The average Bonchev–Trinajstić information content (AvgIpc) is 3.56. The number of β-lactam (4-membered cyclic amide) rings is 2. The molecule has 1 aromatic heterocycles. The van der Waals surface area contributed by atoms with Crippen LogP contribution in [0.5, 0.6) is 0 Å². The van der Waals surface area contributed by atoms with Crippen LogP contribution in [0, 0.1) is 0 Å². The van der Waals surface area contributed by atoms with E-state index in [1.807, 2.05) is 0 Å². The highest BCUT2D eigenvalue weighted by molar-refractivity contribution is 8.00. The Morgan fingerprint density at radius 1 is 0.957 bits per heavy atom. The van der Waals surface area contributed by atoms with Gasteiger partial charge in [-0.15, -0.1) is 23.5 Å². The molecule has 4 atom stereocenters. The minimum atomic E-state index is -1.45. The first-order valence-corrected chi connectivity index (χ1v) is 15.2. The van der Waals surface area contributed by atoms with E-state index >= 15 is 0 Å². The normalized spacial score (nSPS) is 23.8.